The van der Waals surface area contributed by atoms with Crippen molar-refractivity contribution in [1.82, 2.24) is 10.2 Å². The highest BCUT2D eigenvalue weighted by Crippen LogP contribution is 2.10. The van der Waals surface area contributed by atoms with Gasteiger partial charge in [-0.25, -0.2) is 0 Å². The summed E-state index contributed by atoms with van der Waals surface area (Å²) in [5.41, 5.74) is 1.23. The van der Waals surface area contributed by atoms with Crippen LogP contribution in [0.1, 0.15) is 19.4 Å². The SMILES string of the molecule is CCN(CC)CC(O)CNCc1ccc(Br)cc1. The maximum absolute atomic E-state index is 9.89. The van der Waals surface area contributed by atoms with Crippen LogP contribution in [0.15, 0.2) is 28.7 Å². The van der Waals surface area contributed by atoms with E-state index in [0.29, 0.717) is 6.54 Å². The molecular formula is C14H23BrN2O. The standard InChI is InChI=1S/C14H23BrN2O/c1-3-17(4-2)11-14(18)10-16-9-12-5-7-13(15)8-6-12/h5-8,14,16,18H,3-4,9-11H2,1-2H3. The van der Waals surface area contributed by atoms with Gasteiger partial charge in [-0.2, -0.15) is 0 Å². The van der Waals surface area contributed by atoms with E-state index in [-0.39, 0.29) is 6.10 Å². The number of hydrogen-bond donors (Lipinski definition) is 2. The topological polar surface area (TPSA) is 35.5 Å². The Bertz CT molecular complexity index is 325. The summed E-state index contributed by atoms with van der Waals surface area (Å²) in [6.07, 6.45) is -0.305. The molecule has 2 N–H and O–H groups in total. The molecule has 0 radical (unpaired) electrons. The van der Waals surface area contributed by atoms with E-state index in [9.17, 15) is 5.11 Å². The highest BCUT2D eigenvalue weighted by Gasteiger charge is 2.08. The van der Waals surface area contributed by atoms with Crippen LogP contribution in [-0.2, 0) is 6.54 Å². The van der Waals surface area contributed by atoms with Crippen molar-refractivity contribution in [1.29, 1.82) is 0 Å². The highest BCUT2D eigenvalue weighted by atomic mass is 79.9. The predicted molar refractivity (Wildman–Crippen MR) is 79.6 cm³/mol. The van der Waals surface area contributed by atoms with Gasteiger partial charge in [0.25, 0.3) is 0 Å². The Morgan fingerprint density at radius 1 is 1.22 bits per heavy atom. The monoisotopic (exact) mass is 314 g/mol. The van der Waals surface area contributed by atoms with Gasteiger partial charge in [-0.3, -0.25) is 0 Å². The predicted octanol–water partition coefficient (Wildman–Crippen LogP) is 2.24. The first-order chi connectivity index (χ1) is 8.65. The van der Waals surface area contributed by atoms with E-state index in [1.165, 1.54) is 5.56 Å². The number of hydrogen-bond acceptors (Lipinski definition) is 3. The number of rotatable bonds is 8. The zero-order chi connectivity index (χ0) is 13.4. The minimum Gasteiger partial charge on any atom is -0.390 e. The second kappa shape index (κ2) is 8.64. The molecule has 0 saturated carbocycles. The maximum Gasteiger partial charge on any atom is 0.0791 e. The number of aliphatic hydroxyl groups is 1. The van der Waals surface area contributed by atoms with E-state index < -0.39 is 0 Å². The summed E-state index contributed by atoms with van der Waals surface area (Å²) < 4.78 is 1.09. The van der Waals surface area contributed by atoms with Gasteiger partial charge in [0, 0.05) is 24.1 Å². The van der Waals surface area contributed by atoms with Gasteiger partial charge >= 0.3 is 0 Å². The summed E-state index contributed by atoms with van der Waals surface area (Å²) in [5, 5.41) is 13.2. The molecule has 0 aliphatic carbocycles. The molecule has 0 aromatic heterocycles. The summed E-state index contributed by atoms with van der Waals surface area (Å²) in [4.78, 5) is 2.23. The molecule has 0 bridgehead atoms. The average molecular weight is 315 g/mol. The van der Waals surface area contributed by atoms with Gasteiger partial charge in [-0.1, -0.05) is 41.9 Å². The molecule has 102 valence electrons. The number of aliphatic hydroxyl groups excluding tert-OH is 1. The van der Waals surface area contributed by atoms with Crippen LogP contribution < -0.4 is 5.32 Å². The number of benzene rings is 1. The lowest BCUT2D eigenvalue weighted by Gasteiger charge is -2.22. The van der Waals surface area contributed by atoms with Crippen molar-refractivity contribution < 1.29 is 5.11 Å². The van der Waals surface area contributed by atoms with Gasteiger partial charge < -0.3 is 15.3 Å². The van der Waals surface area contributed by atoms with Gasteiger partial charge in [0.1, 0.15) is 0 Å². The largest absolute Gasteiger partial charge is 0.390 e. The quantitative estimate of drug-likeness (QED) is 0.772. The van der Waals surface area contributed by atoms with Crippen molar-refractivity contribution in [2.24, 2.45) is 0 Å². The number of nitrogens with zero attached hydrogens (tertiary/aromatic N) is 1. The Kier molecular flexibility index (Phi) is 7.51. The van der Waals surface area contributed by atoms with Crippen LogP contribution in [0.3, 0.4) is 0 Å². The summed E-state index contributed by atoms with van der Waals surface area (Å²) in [5.74, 6) is 0. The third-order valence-electron chi connectivity index (χ3n) is 2.99. The molecule has 1 atom stereocenters. The average Bonchev–Trinajstić information content (AvgIpc) is 2.38. The number of nitrogens with one attached hydrogen (secondary N) is 1. The molecule has 4 heteroatoms. The Morgan fingerprint density at radius 2 is 1.83 bits per heavy atom. The minimum atomic E-state index is -0.305. The molecule has 18 heavy (non-hydrogen) atoms. The maximum atomic E-state index is 9.89. The van der Waals surface area contributed by atoms with Gasteiger partial charge in [-0.05, 0) is 30.8 Å². The first-order valence-corrected chi connectivity index (χ1v) is 7.30. The van der Waals surface area contributed by atoms with Crippen LogP contribution in [0.5, 0.6) is 0 Å². The lowest BCUT2D eigenvalue weighted by atomic mass is 10.2. The van der Waals surface area contributed by atoms with E-state index in [0.717, 1.165) is 30.7 Å². The summed E-state index contributed by atoms with van der Waals surface area (Å²) >= 11 is 3.41. The Morgan fingerprint density at radius 3 is 2.39 bits per heavy atom. The molecule has 3 nitrogen and oxygen atoms in total. The van der Waals surface area contributed by atoms with E-state index in [4.69, 9.17) is 0 Å². The molecule has 0 aliphatic heterocycles. The number of likely N-dealkylation sites (N-methyl/N-ethyl adjacent to an activating group) is 1. The van der Waals surface area contributed by atoms with Crippen LogP contribution in [0.25, 0.3) is 0 Å². The van der Waals surface area contributed by atoms with Crippen LogP contribution in [0, 0.1) is 0 Å². The lowest BCUT2D eigenvalue weighted by Crippen LogP contribution is -2.38. The van der Waals surface area contributed by atoms with Crippen LogP contribution in [-0.4, -0.2) is 42.3 Å². The Balaban J connectivity index is 2.22. The molecule has 1 aromatic rings. The summed E-state index contributed by atoms with van der Waals surface area (Å²) in [7, 11) is 0. The minimum absolute atomic E-state index is 0.305. The van der Waals surface area contributed by atoms with Crippen molar-refractivity contribution in [3.63, 3.8) is 0 Å². The zero-order valence-electron chi connectivity index (χ0n) is 11.2. The molecule has 0 amide bonds. The van der Waals surface area contributed by atoms with Gasteiger partial charge in [-0.15, -0.1) is 0 Å². The van der Waals surface area contributed by atoms with E-state index >= 15 is 0 Å². The molecule has 1 rings (SSSR count). The smallest absolute Gasteiger partial charge is 0.0791 e. The Labute approximate surface area is 118 Å². The summed E-state index contributed by atoms with van der Waals surface area (Å²) in [6, 6.07) is 8.22. The molecular weight excluding hydrogens is 292 g/mol. The van der Waals surface area contributed by atoms with E-state index in [1.807, 2.05) is 12.1 Å². The van der Waals surface area contributed by atoms with Crippen LogP contribution in [0.4, 0.5) is 0 Å². The molecule has 0 fully saturated rings. The van der Waals surface area contributed by atoms with Crippen LogP contribution >= 0.6 is 15.9 Å². The van der Waals surface area contributed by atoms with Gasteiger partial charge in [0.05, 0.1) is 6.10 Å². The van der Waals surface area contributed by atoms with Crippen molar-refractivity contribution >= 4 is 15.9 Å². The fourth-order valence-corrected chi connectivity index (χ4v) is 2.09. The normalized spacial score (nSPS) is 12.9. The molecule has 1 aromatic carbocycles. The Hall–Kier alpha value is -0.420. The van der Waals surface area contributed by atoms with Crippen molar-refractivity contribution in [2.75, 3.05) is 26.2 Å². The summed E-state index contributed by atoms with van der Waals surface area (Å²) in [6.45, 7) is 8.37. The number of halogens is 1. The first kappa shape index (κ1) is 15.6. The second-order valence-corrected chi connectivity index (χ2v) is 5.31. The first-order valence-electron chi connectivity index (χ1n) is 6.51. The fourth-order valence-electron chi connectivity index (χ4n) is 1.83. The van der Waals surface area contributed by atoms with Crippen LogP contribution in [0.2, 0.25) is 0 Å². The third-order valence-corrected chi connectivity index (χ3v) is 3.51. The fraction of sp³-hybridized carbons (Fsp3) is 0.571. The van der Waals surface area contributed by atoms with Crippen molar-refractivity contribution in [3.8, 4) is 0 Å². The van der Waals surface area contributed by atoms with Crippen molar-refractivity contribution in [2.45, 2.75) is 26.5 Å². The van der Waals surface area contributed by atoms with Gasteiger partial charge in [0.2, 0.25) is 0 Å². The van der Waals surface area contributed by atoms with E-state index in [1.54, 1.807) is 0 Å². The highest BCUT2D eigenvalue weighted by molar-refractivity contribution is 9.10. The molecule has 1 unspecified atom stereocenters. The second-order valence-electron chi connectivity index (χ2n) is 4.40. The molecule has 0 saturated heterocycles. The van der Waals surface area contributed by atoms with E-state index in [2.05, 4.69) is 52.1 Å². The van der Waals surface area contributed by atoms with Gasteiger partial charge in [0.15, 0.2) is 0 Å². The lowest BCUT2D eigenvalue weighted by molar-refractivity contribution is 0.116. The third kappa shape index (κ3) is 5.96. The molecule has 0 aliphatic rings. The molecule has 0 heterocycles. The van der Waals surface area contributed by atoms with Crippen molar-refractivity contribution in [3.05, 3.63) is 34.3 Å². The zero-order valence-corrected chi connectivity index (χ0v) is 12.8. The molecule has 0 spiro atoms.